The standard InChI is InChI=1S/C13H25N3O3/c1-10(2)11(8-14)13(18)16-6-4-15(5-7-16)12(17)9-19-3/h10-11H,4-9,14H2,1-3H3. The molecule has 0 radical (unpaired) electrons. The van der Waals surface area contributed by atoms with Gasteiger partial charge in [-0.15, -0.1) is 0 Å². The number of methoxy groups -OCH3 is 1. The van der Waals surface area contributed by atoms with Gasteiger partial charge in [-0.25, -0.2) is 0 Å². The fourth-order valence-electron chi connectivity index (χ4n) is 2.28. The lowest BCUT2D eigenvalue weighted by molar-refractivity contribution is -0.144. The molecule has 0 aromatic heterocycles. The number of hydrogen-bond acceptors (Lipinski definition) is 4. The summed E-state index contributed by atoms with van der Waals surface area (Å²) < 4.78 is 4.83. The molecule has 1 aliphatic heterocycles. The van der Waals surface area contributed by atoms with Gasteiger partial charge >= 0.3 is 0 Å². The second-order valence-electron chi connectivity index (χ2n) is 5.23. The van der Waals surface area contributed by atoms with Crippen LogP contribution < -0.4 is 5.73 Å². The fourth-order valence-corrected chi connectivity index (χ4v) is 2.28. The van der Waals surface area contributed by atoms with Crippen LogP contribution >= 0.6 is 0 Å². The van der Waals surface area contributed by atoms with Crippen molar-refractivity contribution in [3.8, 4) is 0 Å². The molecular weight excluding hydrogens is 246 g/mol. The lowest BCUT2D eigenvalue weighted by Gasteiger charge is -2.36. The molecule has 1 atom stereocenters. The summed E-state index contributed by atoms with van der Waals surface area (Å²) in [5, 5.41) is 0. The summed E-state index contributed by atoms with van der Waals surface area (Å²) in [6.07, 6.45) is 0. The molecule has 0 saturated carbocycles. The van der Waals surface area contributed by atoms with Crippen LogP contribution in [0.25, 0.3) is 0 Å². The Hall–Kier alpha value is -1.14. The lowest BCUT2D eigenvalue weighted by Crippen LogP contribution is -2.53. The van der Waals surface area contributed by atoms with Crippen LogP contribution in [0, 0.1) is 11.8 Å². The van der Waals surface area contributed by atoms with Gasteiger partial charge in [0.1, 0.15) is 6.61 Å². The molecule has 2 N–H and O–H groups in total. The van der Waals surface area contributed by atoms with Gasteiger partial charge in [-0.3, -0.25) is 9.59 Å². The van der Waals surface area contributed by atoms with Gasteiger partial charge in [0, 0.05) is 39.8 Å². The number of hydrogen-bond donors (Lipinski definition) is 1. The van der Waals surface area contributed by atoms with Crippen LogP contribution in [0.4, 0.5) is 0 Å². The van der Waals surface area contributed by atoms with Gasteiger partial charge in [-0.1, -0.05) is 13.8 Å². The summed E-state index contributed by atoms with van der Waals surface area (Å²) in [4.78, 5) is 27.5. The Morgan fingerprint density at radius 1 is 1.16 bits per heavy atom. The summed E-state index contributed by atoms with van der Waals surface area (Å²) in [6, 6.07) is 0. The van der Waals surface area contributed by atoms with Gasteiger partial charge in [0.15, 0.2) is 0 Å². The van der Waals surface area contributed by atoms with E-state index in [1.54, 1.807) is 4.90 Å². The van der Waals surface area contributed by atoms with E-state index in [9.17, 15) is 9.59 Å². The van der Waals surface area contributed by atoms with E-state index >= 15 is 0 Å². The van der Waals surface area contributed by atoms with Crippen molar-refractivity contribution in [1.29, 1.82) is 0 Å². The molecular formula is C13H25N3O3. The minimum atomic E-state index is -0.124. The van der Waals surface area contributed by atoms with Crippen LogP contribution in [0.3, 0.4) is 0 Å². The van der Waals surface area contributed by atoms with E-state index in [-0.39, 0.29) is 30.3 Å². The molecule has 0 bridgehead atoms. The van der Waals surface area contributed by atoms with Crippen molar-refractivity contribution in [3.63, 3.8) is 0 Å². The van der Waals surface area contributed by atoms with Crippen molar-refractivity contribution in [1.82, 2.24) is 9.80 Å². The number of nitrogens with zero attached hydrogens (tertiary/aromatic N) is 2. The predicted octanol–water partition coefficient (Wildman–Crippen LogP) is -0.465. The number of ether oxygens (including phenoxy) is 1. The highest BCUT2D eigenvalue weighted by atomic mass is 16.5. The monoisotopic (exact) mass is 271 g/mol. The summed E-state index contributed by atoms with van der Waals surface area (Å²) in [5.74, 6) is 0.206. The molecule has 1 saturated heterocycles. The Morgan fingerprint density at radius 3 is 2.11 bits per heavy atom. The van der Waals surface area contributed by atoms with Crippen LogP contribution in [0.1, 0.15) is 13.8 Å². The van der Waals surface area contributed by atoms with Crippen molar-refractivity contribution in [2.45, 2.75) is 13.8 Å². The number of nitrogens with two attached hydrogens (primary N) is 1. The van der Waals surface area contributed by atoms with Gasteiger partial charge < -0.3 is 20.3 Å². The Balaban J connectivity index is 2.49. The van der Waals surface area contributed by atoms with E-state index in [1.807, 2.05) is 18.7 Å². The smallest absolute Gasteiger partial charge is 0.248 e. The number of rotatable bonds is 5. The molecule has 0 spiro atoms. The zero-order valence-electron chi connectivity index (χ0n) is 12.1. The third-order valence-electron chi connectivity index (χ3n) is 3.59. The molecule has 0 aromatic carbocycles. The Labute approximate surface area is 114 Å². The molecule has 19 heavy (non-hydrogen) atoms. The normalized spacial score (nSPS) is 17.7. The molecule has 1 rings (SSSR count). The summed E-state index contributed by atoms with van der Waals surface area (Å²) in [6.45, 7) is 6.80. The van der Waals surface area contributed by atoms with Crippen molar-refractivity contribution >= 4 is 11.8 Å². The van der Waals surface area contributed by atoms with E-state index in [4.69, 9.17) is 10.5 Å². The van der Waals surface area contributed by atoms with E-state index in [0.29, 0.717) is 32.7 Å². The van der Waals surface area contributed by atoms with Gasteiger partial charge in [-0.2, -0.15) is 0 Å². The predicted molar refractivity (Wildman–Crippen MR) is 72.4 cm³/mol. The first-order valence-corrected chi connectivity index (χ1v) is 6.76. The summed E-state index contributed by atoms with van der Waals surface area (Å²) in [7, 11) is 1.51. The van der Waals surface area contributed by atoms with Crippen molar-refractivity contribution in [2.75, 3.05) is 46.4 Å². The quantitative estimate of drug-likeness (QED) is 0.734. The number of carbonyl (C=O) groups excluding carboxylic acids is 2. The van der Waals surface area contributed by atoms with E-state index < -0.39 is 0 Å². The Kier molecular flexibility index (Phi) is 6.24. The fraction of sp³-hybridized carbons (Fsp3) is 0.846. The maximum atomic E-state index is 12.3. The van der Waals surface area contributed by atoms with E-state index in [0.717, 1.165) is 0 Å². The van der Waals surface area contributed by atoms with Gasteiger partial charge in [-0.05, 0) is 5.92 Å². The van der Waals surface area contributed by atoms with Crippen molar-refractivity contribution < 1.29 is 14.3 Å². The molecule has 2 amide bonds. The van der Waals surface area contributed by atoms with E-state index in [2.05, 4.69) is 0 Å². The average molecular weight is 271 g/mol. The summed E-state index contributed by atoms with van der Waals surface area (Å²) in [5.41, 5.74) is 5.67. The molecule has 0 aromatic rings. The topological polar surface area (TPSA) is 75.9 Å². The SMILES string of the molecule is COCC(=O)N1CCN(C(=O)C(CN)C(C)C)CC1. The Bertz CT molecular complexity index is 312. The number of amides is 2. The van der Waals surface area contributed by atoms with Gasteiger partial charge in [0.25, 0.3) is 0 Å². The molecule has 110 valence electrons. The van der Waals surface area contributed by atoms with Crippen LogP contribution in [0.15, 0.2) is 0 Å². The molecule has 1 aliphatic rings. The molecule has 1 unspecified atom stereocenters. The second-order valence-corrected chi connectivity index (χ2v) is 5.23. The third kappa shape index (κ3) is 4.18. The second kappa shape index (κ2) is 7.45. The first-order valence-electron chi connectivity index (χ1n) is 6.76. The highest BCUT2D eigenvalue weighted by molar-refractivity contribution is 5.80. The van der Waals surface area contributed by atoms with Crippen LogP contribution in [-0.4, -0.2) is 68.1 Å². The number of piperazine rings is 1. The zero-order chi connectivity index (χ0) is 14.4. The molecule has 0 aliphatic carbocycles. The maximum absolute atomic E-state index is 12.3. The molecule has 6 nitrogen and oxygen atoms in total. The first-order chi connectivity index (χ1) is 9.01. The Morgan fingerprint density at radius 2 is 1.68 bits per heavy atom. The highest BCUT2D eigenvalue weighted by Gasteiger charge is 2.29. The molecule has 1 fully saturated rings. The van der Waals surface area contributed by atoms with Gasteiger partial charge in [0.05, 0.1) is 5.92 Å². The average Bonchev–Trinajstić information content (AvgIpc) is 2.39. The van der Waals surface area contributed by atoms with Crippen LogP contribution in [-0.2, 0) is 14.3 Å². The number of carbonyl (C=O) groups is 2. The highest BCUT2D eigenvalue weighted by Crippen LogP contribution is 2.14. The largest absolute Gasteiger partial charge is 0.375 e. The minimum Gasteiger partial charge on any atom is -0.375 e. The van der Waals surface area contributed by atoms with Crippen molar-refractivity contribution in [3.05, 3.63) is 0 Å². The van der Waals surface area contributed by atoms with Gasteiger partial charge in [0.2, 0.25) is 11.8 Å². The lowest BCUT2D eigenvalue weighted by atomic mass is 9.94. The third-order valence-corrected chi connectivity index (χ3v) is 3.59. The maximum Gasteiger partial charge on any atom is 0.248 e. The minimum absolute atomic E-state index is 0.0196. The molecule has 1 heterocycles. The van der Waals surface area contributed by atoms with Crippen LogP contribution in [0.5, 0.6) is 0 Å². The first kappa shape index (κ1) is 15.9. The van der Waals surface area contributed by atoms with E-state index in [1.165, 1.54) is 7.11 Å². The van der Waals surface area contributed by atoms with Crippen molar-refractivity contribution in [2.24, 2.45) is 17.6 Å². The van der Waals surface area contributed by atoms with Crippen LogP contribution in [0.2, 0.25) is 0 Å². The molecule has 6 heteroatoms. The zero-order valence-corrected chi connectivity index (χ0v) is 12.1. The summed E-state index contributed by atoms with van der Waals surface area (Å²) >= 11 is 0.